The fourth-order valence-corrected chi connectivity index (χ4v) is 4.59. The van der Waals surface area contributed by atoms with E-state index in [1.165, 1.54) is 18.2 Å². The van der Waals surface area contributed by atoms with Crippen LogP contribution in [0.15, 0.2) is 0 Å². The molecule has 0 aromatic heterocycles. The van der Waals surface area contributed by atoms with E-state index in [1.54, 1.807) is 0 Å². The molecule has 5 atom stereocenters. The molecule has 1 heterocycles. The first kappa shape index (κ1) is 18.7. The van der Waals surface area contributed by atoms with E-state index in [-0.39, 0.29) is 0 Å². The SMILES string of the molecule is CC(=O)C(=O)N[C@@H]1[C@@H](O)[C@H](O)[C@@H](CO)O[C@@H]1SC1CCCCC1. The fraction of sp³-hybridized carbons (Fsp3) is 0.867. The molecule has 7 nitrogen and oxygen atoms in total. The minimum absolute atomic E-state index is 0.340. The average Bonchev–Trinajstić information content (AvgIpc) is 2.54. The number of hydrogen-bond acceptors (Lipinski definition) is 7. The van der Waals surface area contributed by atoms with Crippen LogP contribution in [-0.4, -0.2) is 68.7 Å². The zero-order valence-corrected chi connectivity index (χ0v) is 14.0. The van der Waals surface area contributed by atoms with Gasteiger partial charge in [-0.15, -0.1) is 11.8 Å². The van der Waals surface area contributed by atoms with E-state index in [0.717, 1.165) is 32.6 Å². The van der Waals surface area contributed by atoms with Gasteiger partial charge in [0, 0.05) is 12.2 Å². The second kappa shape index (κ2) is 8.43. The van der Waals surface area contributed by atoms with Gasteiger partial charge >= 0.3 is 0 Å². The largest absolute Gasteiger partial charge is 0.394 e. The zero-order chi connectivity index (χ0) is 17.0. The second-order valence-corrected chi connectivity index (χ2v) is 7.56. The first-order valence-electron chi connectivity index (χ1n) is 8.03. The lowest BCUT2D eigenvalue weighted by Gasteiger charge is -2.43. The van der Waals surface area contributed by atoms with Gasteiger partial charge in [-0.05, 0) is 12.8 Å². The van der Waals surface area contributed by atoms with Gasteiger partial charge in [-0.3, -0.25) is 9.59 Å². The Morgan fingerprint density at radius 3 is 2.39 bits per heavy atom. The number of ketones is 1. The Morgan fingerprint density at radius 2 is 1.83 bits per heavy atom. The average molecular weight is 347 g/mol. The van der Waals surface area contributed by atoms with E-state index < -0.39 is 48.1 Å². The number of aliphatic hydroxyl groups excluding tert-OH is 3. The number of rotatable bonds is 5. The predicted octanol–water partition coefficient (Wildman–Crippen LogP) is -0.435. The molecule has 2 aliphatic rings. The quantitative estimate of drug-likeness (QED) is 0.499. The summed E-state index contributed by atoms with van der Waals surface area (Å²) in [6.07, 6.45) is 1.99. The van der Waals surface area contributed by atoms with Crippen LogP contribution < -0.4 is 5.32 Å². The molecule has 0 unspecified atom stereocenters. The number of thioether (sulfide) groups is 1. The van der Waals surface area contributed by atoms with Gasteiger partial charge in [0.1, 0.15) is 23.7 Å². The number of nitrogens with one attached hydrogen (secondary N) is 1. The van der Waals surface area contributed by atoms with E-state index in [9.17, 15) is 24.9 Å². The van der Waals surface area contributed by atoms with Crippen molar-refractivity contribution in [3.63, 3.8) is 0 Å². The number of Topliss-reactive ketones (excluding diaryl/α,β-unsaturated/α-hetero) is 1. The Kier molecular flexibility index (Phi) is 6.84. The van der Waals surface area contributed by atoms with Gasteiger partial charge in [-0.25, -0.2) is 0 Å². The molecule has 2 fully saturated rings. The van der Waals surface area contributed by atoms with Gasteiger partial charge in [0.25, 0.3) is 5.91 Å². The maximum absolute atomic E-state index is 11.7. The fourth-order valence-electron chi connectivity index (χ4n) is 3.00. The Balaban J connectivity index is 2.10. The van der Waals surface area contributed by atoms with E-state index in [4.69, 9.17) is 4.74 Å². The van der Waals surface area contributed by atoms with Crippen molar-refractivity contribution in [1.82, 2.24) is 5.32 Å². The molecule has 0 radical (unpaired) electrons. The van der Waals surface area contributed by atoms with Crippen molar-refractivity contribution >= 4 is 23.5 Å². The molecule has 1 aliphatic heterocycles. The van der Waals surface area contributed by atoms with Gasteiger partial charge in [0.15, 0.2) is 0 Å². The standard InChI is InChI=1S/C15H25NO6S/c1-8(18)14(21)16-11-13(20)12(19)10(7-17)22-15(11)23-9-5-3-2-4-6-9/h9-13,15,17,19-20H,2-7H2,1H3,(H,16,21)/t10-,11-,12-,13-,15-/m1/s1. The molecule has 1 saturated heterocycles. The number of amides is 1. The third-order valence-corrected chi connectivity index (χ3v) is 5.91. The molecule has 1 saturated carbocycles. The molecule has 1 amide bonds. The van der Waals surface area contributed by atoms with Crippen molar-refractivity contribution in [1.29, 1.82) is 0 Å². The summed E-state index contributed by atoms with van der Waals surface area (Å²) < 4.78 is 5.69. The molecule has 0 aromatic rings. The summed E-state index contributed by atoms with van der Waals surface area (Å²) >= 11 is 1.50. The van der Waals surface area contributed by atoms with Crippen LogP contribution in [0.1, 0.15) is 39.0 Å². The molecule has 0 spiro atoms. The summed E-state index contributed by atoms with van der Waals surface area (Å²) in [5.41, 5.74) is -0.614. The molecule has 0 aromatic carbocycles. The van der Waals surface area contributed by atoms with Crippen LogP contribution in [0.2, 0.25) is 0 Å². The first-order chi connectivity index (χ1) is 10.9. The smallest absolute Gasteiger partial charge is 0.287 e. The van der Waals surface area contributed by atoms with Crippen molar-refractivity contribution in [3.8, 4) is 0 Å². The first-order valence-corrected chi connectivity index (χ1v) is 8.97. The number of carbonyl (C=O) groups excluding carboxylic acids is 2. The van der Waals surface area contributed by atoms with Gasteiger partial charge < -0.3 is 25.4 Å². The highest BCUT2D eigenvalue weighted by Crippen LogP contribution is 2.36. The number of ether oxygens (including phenoxy) is 1. The molecule has 23 heavy (non-hydrogen) atoms. The number of carbonyl (C=O) groups is 2. The molecule has 4 N–H and O–H groups in total. The maximum atomic E-state index is 11.7. The van der Waals surface area contributed by atoms with Crippen LogP contribution in [0.4, 0.5) is 0 Å². The summed E-state index contributed by atoms with van der Waals surface area (Å²) in [7, 11) is 0. The minimum Gasteiger partial charge on any atom is -0.394 e. The monoisotopic (exact) mass is 347 g/mol. The lowest BCUT2D eigenvalue weighted by Crippen LogP contribution is -2.64. The molecular formula is C15H25NO6S. The van der Waals surface area contributed by atoms with Gasteiger partial charge in [0.2, 0.25) is 5.78 Å². The highest BCUT2D eigenvalue weighted by atomic mass is 32.2. The van der Waals surface area contributed by atoms with E-state index in [2.05, 4.69) is 5.32 Å². The lowest BCUT2D eigenvalue weighted by molar-refractivity contribution is -0.174. The molecule has 8 heteroatoms. The minimum atomic E-state index is -1.32. The highest BCUT2D eigenvalue weighted by Gasteiger charge is 2.46. The summed E-state index contributed by atoms with van der Waals surface area (Å²) in [5, 5.41) is 32.4. The molecule has 132 valence electrons. The topological polar surface area (TPSA) is 116 Å². The molecule has 2 rings (SSSR count). The molecule has 0 bridgehead atoms. The van der Waals surface area contributed by atoms with Crippen molar-refractivity contribution in [3.05, 3.63) is 0 Å². The maximum Gasteiger partial charge on any atom is 0.287 e. The number of aliphatic hydroxyl groups is 3. The second-order valence-electron chi connectivity index (χ2n) is 6.16. The van der Waals surface area contributed by atoms with E-state index >= 15 is 0 Å². The summed E-state index contributed by atoms with van der Waals surface area (Å²) in [4.78, 5) is 22.9. The number of hydrogen-bond donors (Lipinski definition) is 4. The van der Waals surface area contributed by atoms with E-state index in [1.807, 2.05) is 0 Å². The van der Waals surface area contributed by atoms with Crippen molar-refractivity contribution in [2.45, 2.75) is 74.1 Å². The van der Waals surface area contributed by atoms with Crippen LogP contribution >= 0.6 is 11.8 Å². The van der Waals surface area contributed by atoms with Crippen LogP contribution in [0.5, 0.6) is 0 Å². The van der Waals surface area contributed by atoms with Gasteiger partial charge in [0.05, 0.1) is 12.6 Å². The third-order valence-electron chi connectivity index (χ3n) is 4.38. The zero-order valence-electron chi connectivity index (χ0n) is 13.2. The Hall–Kier alpha value is -0.670. The lowest BCUT2D eigenvalue weighted by atomic mass is 9.98. The Labute approximate surface area is 139 Å². The Bertz CT molecular complexity index is 428. The van der Waals surface area contributed by atoms with Crippen LogP contribution in [0.3, 0.4) is 0 Å². The van der Waals surface area contributed by atoms with Crippen LogP contribution in [0, 0.1) is 0 Å². The summed E-state index contributed by atoms with van der Waals surface area (Å²) in [5.74, 6) is -1.49. The van der Waals surface area contributed by atoms with Crippen molar-refractivity contribution < 1.29 is 29.6 Å². The van der Waals surface area contributed by atoms with Crippen molar-refractivity contribution in [2.24, 2.45) is 0 Å². The van der Waals surface area contributed by atoms with Gasteiger partial charge in [-0.2, -0.15) is 0 Å². The highest BCUT2D eigenvalue weighted by molar-refractivity contribution is 8.00. The normalized spacial score (nSPS) is 35.7. The van der Waals surface area contributed by atoms with Crippen LogP contribution in [-0.2, 0) is 14.3 Å². The molecular weight excluding hydrogens is 322 g/mol. The third kappa shape index (κ3) is 4.67. The molecule has 1 aliphatic carbocycles. The van der Waals surface area contributed by atoms with Crippen molar-refractivity contribution in [2.75, 3.05) is 6.61 Å². The predicted molar refractivity (Wildman–Crippen MR) is 84.8 cm³/mol. The van der Waals surface area contributed by atoms with Crippen LogP contribution in [0.25, 0.3) is 0 Å². The summed E-state index contributed by atoms with van der Waals surface area (Å²) in [6.45, 7) is 0.717. The van der Waals surface area contributed by atoms with E-state index in [0.29, 0.717) is 5.25 Å². The van der Waals surface area contributed by atoms with Gasteiger partial charge in [-0.1, -0.05) is 19.3 Å². The summed E-state index contributed by atoms with van der Waals surface area (Å²) in [6, 6.07) is -0.892. The Morgan fingerprint density at radius 1 is 1.17 bits per heavy atom.